The normalized spacial score (nSPS) is 18.0. The van der Waals surface area contributed by atoms with Crippen LogP contribution in [0.15, 0.2) is 42.6 Å². The van der Waals surface area contributed by atoms with E-state index in [1.54, 1.807) is 13.2 Å². The molecule has 0 spiro atoms. The molecule has 1 aromatic heterocycles. The first-order chi connectivity index (χ1) is 17.9. The van der Waals surface area contributed by atoms with Crippen LogP contribution >= 0.6 is 11.6 Å². The molecule has 1 fully saturated rings. The number of rotatable bonds is 5. The lowest BCUT2D eigenvalue weighted by molar-refractivity contribution is -0.146. The number of amides is 1. The smallest absolute Gasteiger partial charge is 0.333 e. The molecule has 1 amide bonds. The maximum atomic E-state index is 14.5. The number of piperidine rings is 1. The molecular weight excluding hydrogens is 501 g/mol. The Morgan fingerprint density at radius 3 is 2.51 bits per heavy atom. The Morgan fingerprint density at radius 1 is 1.05 bits per heavy atom. The Kier molecular flexibility index (Phi) is 7.12. The highest BCUT2D eigenvalue weighted by Crippen LogP contribution is 2.38. The molecule has 0 bridgehead atoms. The third kappa shape index (κ3) is 4.67. The number of benzene rings is 2. The Morgan fingerprint density at radius 2 is 1.78 bits per heavy atom. The van der Waals surface area contributed by atoms with Crippen molar-refractivity contribution in [3.05, 3.63) is 70.3 Å². The van der Waals surface area contributed by atoms with Gasteiger partial charge in [0.2, 0.25) is 0 Å². The lowest BCUT2D eigenvalue weighted by Gasteiger charge is -2.39. The molecule has 0 saturated carbocycles. The monoisotopic (exact) mass is 527 g/mol. The third-order valence-electron chi connectivity index (χ3n) is 7.09. The van der Waals surface area contributed by atoms with E-state index < -0.39 is 23.7 Å². The molecule has 37 heavy (non-hydrogen) atoms. The number of carbonyl (C=O) groups is 2. The molecular formula is C26H27ClFN5O4. The average Bonchev–Trinajstić information content (AvgIpc) is 3.43. The van der Waals surface area contributed by atoms with Gasteiger partial charge in [-0.25, -0.2) is 13.9 Å². The van der Waals surface area contributed by atoms with Gasteiger partial charge < -0.3 is 19.3 Å². The van der Waals surface area contributed by atoms with E-state index in [2.05, 4.69) is 21.3 Å². The van der Waals surface area contributed by atoms with E-state index in [4.69, 9.17) is 21.1 Å². The van der Waals surface area contributed by atoms with Crippen molar-refractivity contribution in [1.29, 1.82) is 0 Å². The molecule has 0 aliphatic carbocycles. The van der Waals surface area contributed by atoms with E-state index in [0.29, 0.717) is 6.42 Å². The fraction of sp³-hybridized carbons (Fsp3) is 0.385. The molecule has 2 aromatic carbocycles. The summed E-state index contributed by atoms with van der Waals surface area (Å²) in [7, 11) is 3.04. The fourth-order valence-corrected chi connectivity index (χ4v) is 5.33. The minimum absolute atomic E-state index is 0.0190. The fourth-order valence-electron chi connectivity index (χ4n) is 5.16. The van der Waals surface area contributed by atoms with Crippen molar-refractivity contribution in [1.82, 2.24) is 19.9 Å². The molecule has 0 radical (unpaired) electrons. The van der Waals surface area contributed by atoms with Crippen LogP contribution in [0.1, 0.15) is 40.5 Å². The van der Waals surface area contributed by atoms with Crippen LogP contribution in [0.2, 0.25) is 5.02 Å². The quantitative estimate of drug-likeness (QED) is 0.468. The zero-order valence-electron chi connectivity index (χ0n) is 20.6. The molecule has 1 atom stereocenters. The van der Waals surface area contributed by atoms with Crippen molar-refractivity contribution >= 4 is 29.2 Å². The van der Waals surface area contributed by atoms with Crippen molar-refractivity contribution < 1.29 is 23.5 Å². The van der Waals surface area contributed by atoms with Crippen molar-refractivity contribution in [3.8, 4) is 5.69 Å². The summed E-state index contributed by atoms with van der Waals surface area (Å²) in [5.41, 5.74) is 2.87. The number of anilines is 1. The van der Waals surface area contributed by atoms with Crippen molar-refractivity contribution in [2.75, 3.05) is 38.8 Å². The average molecular weight is 528 g/mol. The molecule has 3 aromatic rings. The highest BCUT2D eigenvalue weighted by atomic mass is 35.5. The van der Waals surface area contributed by atoms with Gasteiger partial charge in [0, 0.05) is 32.4 Å². The van der Waals surface area contributed by atoms with Gasteiger partial charge in [0.1, 0.15) is 5.69 Å². The number of aromatic nitrogens is 3. The Bertz CT molecular complexity index is 1320. The van der Waals surface area contributed by atoms with Crippen molar-refractivity contribution in [2.45, 2.75) is 31.4 Å². The third-order valence-corrected chi connectivity index (χ3v) is 7.38. The largest absolute Gasteiger partial charge is 0.467 e. The highest BCUT2D eigenvalue weighted by Gasteiger charge is 2.39. The minimum Gasteiger partial charge on any atom is -0.467 e. The summed E-state index contributed by atoms with van der Waals surface area (Å²) >= 11 is 5.88. The summed E-state index contributed by atoms with van der Waals surface area (Å²) in [5, 5.41) is 7.81. The number of fused-ring (bicyclic) bond motifs is 1. The zero-order valence-corrected chi connectivity index (χ0v) is 21.3. The zero-order chi connectivity index (χ0) is 26.1. The molecule has 1 saturated heterocycles. The summed E-state index contributed by atoms with van der Waals surface area (Å²) in [6.45, 7) is 1.99. The van der Waals surface area contributed by atoms with Crippen LogP contribution in [0.25, 0.3) is 5.69 Å². The SMILES string of the molecule is COC(=O)C1c2cccc(N3CCC(OC)CC3)c2CCN1C(=O)c1cn(-c2cccc(Cl)c2F)nn1. The van der Waals surface area contributed by atoms with E-state index in [9.17, 15) is 14.0 Å². The topological polar surface area (TPSA) is 89.8 Å². The standard InChI is InChI=1S/C26H27ClFN5O4/c1-36-16-9-12-31(13-10-16)21-7-3-5-18-17(21)11-14-32(24(18)26(35)37-2)25(34)20-15-33(30-29-20)22-8-4-6-19(27)23(22)28/h3-8,15-16,24H,9-14H2,1-2H3. The number of esters is 1. The first-order valence-electron chi connectivity index (χ1n) is 12.1. The van der Waals surface area contributed by atoms with Crippen LogP contribution in [0.5, 0.6) is 0 Å². The number of hydrogen-bond donors (Lipinski definition) is 0. The van der Waals surface area contributed by atoms with E-state index in [1.807, 2.05) is 12.1 Å². The predicted molar refractivity (Wildman–Crippen MR) is 135 cm³/mol. The summed E-state index contributed by atoms with van der Waals surface area (Å²) in [6.07, 6.45) is 3.99. The second kappa shape index (κ2) is 10.5. The molecule has 11 heteroatoms. The van der Waals surface area contributed by atoms with Crippen LogP contribution < -0.4 is 4.90 Å². The van der Waals surface area contributed by atoms with E-state index in [1.165, 1.54) is 30.3 Å². The molecule has 5 rings (SSSR count). The predicted octanol–water partition coefficient (Wildman–Crippen LogP) is 3.59. The molecule has 2 aliphatic heterocycles. The van der Waals surface area contributed by atoms with Crippen molar-refractivity contribution in [3.63, 3.8) is 0 Å². The number of ether oxygens (including phenoxy) is 2. The Labute approximate surface area is 218 Å². The number of methoxy groups -OCH3 is 2. The molecule has 9 nitrogen and oxygen atoms in total. The van der Waals surface area contributed by atoms with Crippen LogP contribution in [0.4, 0.5) is 10.1 Å². The number of halogens is 2. The molecule has 1 unspecified atom stereocenters. The molecule has 2 aliphatic rings. The van der Waals surface area contributed by atoms with Gasteiger partial charge in [0.05, 0.1) is 24.4 Å². The van der Waals surface area contributed by atoms with Gasteiger partial charge in [-0.15, -0.1) is 5.10 Å². The summed E-state index contributed by atoms with van der Waals surface area (Å²) in [5.74, 6) is -1.71. The Hall–Kier alpha value is -3.50. The van der Waals surface area contributed by atoms with Gasteiger partial charge in [0.25, 0.3) is 5.91 Å². The second-order valence-corrected chi connectivity index (χ2v) is 9.47. The van der Waals surface area contributed by atoms with Crippen molar-refractivity contribution in [2.24, 2.45) is 0 Å². The number of hydrogen-bond acceptors (Lipinski definition) is 7. The maximum Gasteiger partial charge on any atom is 0.333 e. The Balaban J connectivity index is 1.45. The first kappa shape index (κ1) is 25.2. The van der Waals surface area contributed by atoms with Crippen LogP contribution in [-0.2, 0) is 20.7 Å². The van der Waals surface area contributed by atoms with Gasteiger partial charge in [-0.2, -0.15) is 0 Å². The van der Waals surface area contributed by atoms with Gasteiger partial charge >= 0.3 is 5.97 Å². The first-order valence-corrected chi connectivity index (χ1v) is 12.5. The maximum absolute atomic E-state index is 14.5. The van der Waals surface area contributed by atoms with Crippen LogP contribution in [0.3, 0.4) is 0 Å². The van der Waals surface area contributed by atoms with Gasteiger partial charge in [0.15, 0.2) is 17.6 Å². The van der Waals surface area contributed by atoms with Gasteiger partial charge in [-0.3, -0.25) is 4.79 Å². The van der Waals surface area contributed by atoms with E-state index in [0.717, 1.165) is 47.4 Å². The summed E-state index contributed by atoms with van der Waals surface area (Å²) in [6, 6.07) is 9.36. The van der Waals surface area contributed by atoms with Gasteiger partial charge in [-0.05, 0) is 48.6 Å². The second-order valence-electron chi connectivity index (χ2n) is 9.06. The minimum atomic E-state index is -0.939. The molecule has 3 heterocycles. The molecule has 0 N–H and O–H groups in total. The highest BCUT2D eigenvalue weighted by molar-refractivity contribution is 6.30. The van der Waals surface area contributed by atoms with Crippen LogP contribution in [-0.4, -0.2) is 71.7 Å². The lowest BCUT2D eigenvalue weighted by atomic mass is 9.89. The van der Waals surface area contributed by atoms with E-state index >= 15 is 0 Å². The van der Waals surface area contributed by atoms with E-state index in [-0.39, 0.29) is 29.1 Å². The molecule has 194 valence electrons. The van der Waals surface area contributed by atoms with Crippen LogP contribution in [0, 0.1) is 5.82 Å². The number of carbonyl (C=O) groups excluding carboxylic acids is 2. The number of nitrogens with zero attached hydrogens (tertiary/aromatic N) is 5. The summed E-state index contributed by atoms with van der Waals surface area (Å²) < 4.78 is 26.2. The summed E-state index contributed by atoms with van der Waals surface area (Å²) in [4.78, 5) is 30.3. The lowest BCUT2D eigenvalue weighted by Crippen LogP contribution is -2.45. The van der Waals surface area contributed by atoms with Gasteiger partial charge in [-0.1, -0.05) is 35.0 Å².